The zero-order valence-electron chi connectivity index (χ0n) is 7.95. The van der Waals surface area contributed by atoms with Crippen molar-refractivity contribution in [2.75, 3.05) is 19.7 Å². The van der Waals surface area contributed by atoms with E-state index in [1.807, 2.05) is 6.92 Å². The van der Waals surface area contributed by atoms with Crippen LogP contribution in [0.1, 0.15) is 19.8 Å². The molecule has 0 aromatic rings. The number of carboxylic acid groups (broad SMARTS) is 1. The molecule has 76 valence electrons. The quantitative estimate of drug-likeness (QED) is 0.672. The van der Waals surface area contributed by atoms with Gasteiger partial charge in [-0.2, -0.15) is 0 Å². The lowest BCUT2D eigenvalue weighted by Gasteiger charge is -2.27. The minimum atomic E-state index is -0.837. The van der Waals surface area contributed by atoms with Gasteiger partial charge in [0, 0.05) is 19.1 Å². The molecule has 2 atom stereocenters. The summed E-state index contributed by atoms with van der Waals surface area (Å²) in [6.07, 6.45) is 1.36. The van der Waals surface area contributed by atoms with Gasteiger partial charge in [0.15, 0.2) is 6.10 Å². The minimum Gasteiger partial charge on any atom is -0.479 e. The van der Waals surface area contributed by atoms with Crippen LogP contribution >= 0.6 is 0 Å². The summed E-state index contributed by atoms with van der Waals surface area (Å²) in [6, 6.07) is 0. The van der Waals surface area contributed by atoms with E-state index in [9.17, 15) is 4.79 Å². The molecule has 4 heteroatoms. The lowest BCUT2D eigenvalue weighted by Crippen LogP contribution is -2.42. The number of aliphatic carboxylic acids is 1. The molecule has 1 fully saturated rings. The number of ether oxygens (including phenoxy) is 1. The Bertz CT molecular complexity index is 166. The first-order valence-corrected chi connectivity index (χ1v) is 4.80. The highest BCUT2D eigenvalue weighted by Gasteiger charge is 2.29. The fourth-order valence-corrected chi connectivity index (χ4v) is 1.73. The van der Waals surface area contributed by atoms with Gasteiger partial charge in [-0.25, -0.2) is 4.79 Å². The van der Waals surface area contributed by atoms with E-state index in [1.165, 1.54) is 0 Å². The zero-order valence-corrected chi connectivity index (χ0v) is 7.95. The van der Waals surface area contributed by atoms with E-state index in [2.05, 4.69) is 5.32 Å². The molecule has 1 heterocycles. The predicted molar refractivity (Wildman–Crippen MR) is 48.6 cm³/mol. The van der Waals surface area contributed by atoms with Gasteiger partial charge in [0.05, 0.1) is 0 Å². The van der Waals surface area contributed by atoms with Gasteiger partial charge in [-0.15, -0.1) is 0 Å². The molecule has 1 rings (SSSR count). The monoisotopic (exact) mass is 187 g/mol. The van der Waals surface area contributed by atoms with Crippen molar-refractivity contribution in [1.82, 2.24) is 5.32 Å². The van der Waals surface area contributed by atoms with Crippen LogP contribution in [0.5, 0.6) is 0 Å². The van der Waals surface area contributed by atoms with Crippen LogP contribution in [0, 0.1) is 5.92 Å². The van der Waals surface area contributed by atoms with Gasteiger partial charge in [-0.1, -0.05) is 0 Å². The highest BCUT2D eigenvalue weighted by atomic mass is 16.5. The smallest absolute Gasteiger partial charge is 0.333 e. The Hall–Kier alpha value is -0.610. The van der Waals surface area contributed by atoms with Crippen LogP contribution in [0.3, 0.4) is 0 Å². The number of carboxylic acids is 1. The topological polar surface area (TPSA) is 58.6 Å². The number of nitrogens with one attached hydrogen (secondary N) is 1. The van der Waals surface area contributed by atoms with Crippen molar-refractivity contribution < 1.29 is 14.6 Å². The molecule has 2 unspecified atom stereocenters. The van der Waals surface area contributed by atoms with Crippen molar-refractivity contribution in [3.63, 3.8) is 0 Å². The molecule has 13 heavy (non-hydrogen) atoms. The van der Waals surface area contributed by atoms with Gasteiger partial charge in [0.1, 0.15) is 0 Å². The van der Waals surface area contributed by atoms with Gasteiger partial charge in [0.25, 0.3) is 0 Å². The molecule has 1 aliphatic rings. The fourth-order valence-electron chi connectivity index (χ4n) is 1.73. The van der Waals surface area contributed by atoms with Crippen LogP contribution < -0.4 is 5.32 Å². The molecule has 2 N–H and O–H groups in total. The van der Waals surface area contributed by atoms with Crippen molar-refractivity contribution in [3.8, 4) is 0 Å². The van der Waals surface area contributed by atoms with Gasteiger partial charge >= 0.3 is 5.97 Å². The molecule has 1 aliphatic heterocycles. The highest BCUT2D eigenvalue weighted by Crippen LogP contribution is 2.17. The van der Waals surface area contributed by atoms with E-state index in [-0.39, 0.29) is 5.92 Å². The molecule has 0 bridgehead atoms. The molecular formula is C9H17NO3. The van der Waals surface area contributed by atoms with Gasteiger partial charge in [-0.3, -0.25) is 0 Å². The third-order valence-electron chi connectivity index (χ3n) is 2.35. The summed E-state index contributed by atoms with van der Waals surface area (Å²) in [5.74, 6) is -0.707. The molecule has 1 saturated heterocycles. The summed E-state index contributed by atoms with van der Waals surface area (Å²) in [7, 11) is 0. The summed E-state index contributed by atoms with van der Waals surface area (Å²) in [5, 5.41) is 12.1. The molecule has 0 saturated carbocycles. The predicted octanol–water partition coefficient (Wildman–Crippen LogP) is 0.476. The van der Waals surface area contributed by atoms with E-state index in [0.29, 0.717) is 6.61 Å². The third kappa shape index (κ3) is 2.97. The molecule has 0 amide bonds. The second-order valence-electron chi connectivity index (χ2n) is 3.32. The largest absolute Gasteiger partial charge is 0.479 e. The van der Waals surface area contributed by atoms with Crippen molar-refractivity contribution in [1.29, 1.82) is 0 Å². The molecule has 0 aliphatic carbocycles. The number of hydrogen-bond donors (Lipinski definition) is 2. The lowest BCUT2D eigenvalue weighted by atomic mass is 9.94. The first-order chi connectivity index (χ1) is 6.25. The average Bonchev–Trinajstić information content (AvgIpc) is 2.15. The second-order valence-corrected chi connectivity index (χ2v) is 3.32. The Morgan fingerprint density at radius 3 is 3.00 bits per heavy atom. The van der Waals surface area contributed by atoms with Gasteiger partial charge in [0.2, 0.25) is 0 Å². The third-order valence-corrected chi connectivity index (χ3v) is 2.35. The average molecular weight is 187 g/mol. The van der Waals surface area contributed by atoms with E-state index < -0.39 is 12.1 Å². The van der Waals surface area contributed by atoms with Crippen LogP contribution in [0.4, 0.5) is 0 Å². The Kier molecular flexibility index (Phi) is 4.18. The van der Waals surface area contributed by atoms with Crippen molar-refractivity contribution in [3.05, 3.63) is 0 Å². The van der Waals surface area contributed by atoms with Gasteiger partial charge < -0.3 is 15.2 Å². The number of hydrogen-bond acceptors (Lipinski definition) is 3. The molecule has 0 radical (unpaired) electrons. The second kappa shape index (κ2) is 5.19. The van der Waals surface area contributed by atoms with E-state index in [1.54, 1.807) is 0 Å². The van der Waals surface area contributed by atoms with Crippen LogP contribution in [-0.2, 0) is 9.53 Å². The standard InChI is InChI=1S/C9H17NO3/c1-2-13-8(9(11)12)7-4-3-5-10-6-7/h7-8,10H,2-6H2,1H3,(H,11,12). The minimum absolute atomic E-state index is 0.131. The first kappa shape index (κ1) is 10.5. The summed E-state index contributed by atoms with van der Waals surface area (Å²) >= 11 is 0. The summed E-state index contributed by atoms with van der Waals surface area (Å²) in [6.45, 7) is 4.05. The summed E-state index contributed by atoms with van der Waals surface area (Å²) in [4.78, 5) is 10.8. The van der Waals surface area contributed by atoms with Gasteiger partial charge in [-0.05, 0) is 26.3 Å². The Balaban J connectivity index is 2.46. The lowest BCUT2D eigenvalue weighted by molar-refractivity contribution is -0.154. The zero-order chi connectivity index (χ0) is 9.68. The Morgan fingerprint density at radius 2 is 2.54 bits per heavy atom. The molecule has 0 spiro atoms. The van der Waals surface area contributed by atoms with Crippen LogP contribution in [0.25, 0.3) is 0 Å². The normalized spacial score (nSPS) is 25.5. The van der Waals surface area contributed by atoms with E-state index in [4.69, 9.17) is 9.84 Å². The maximum atomic E-state index is 10.8. The van der Waals surface area contributed by atoms with E-state index in [0.717, 1.165) is 25.9 Å². The van der Waals surface area contributed by atoms with Crippen LogP contribution in [-0.4, -0.2) is 36.9 Å². The number of carbonyl (C=O) groups is 1. The molecule has 0 aromatic carbocycles. The molecular weight excluding hydrogens is 170 g/mol. The highest BCUT2D eigenvalue weighted by molar-refractivity contribution is 5.72. The SMILES string of the molecule is CCOC(C(=O)O)C1CCCNC1. The Labute approximate surface area is 78.3 Å². The van der Waals surface area contributed by atoms with Crippen molar-refractivity contribution >= 4 is 5.97 Å². The fraction of sp³-hybridized carbons (Fsp3) is 0.889. The number of rotatable bonds is 4. The van der Waals surface area contributed by atoms with Crippen molar-refractivity contribution in [2.24, 2.45) is 5.92 Å². The number of piperidine rings is 1. The molecule has 0 aromatic heterocycles. The van der Waals surface area contributed by atoms with Crippen LogP contribution in [0.2, 0.25) is 0 Å². The first-order valence-electron chi connectivity index (χ1n) is 4.80. The summed E-state index contributed by atoms with van der Waals surface area (Å²) in [5.41, 5.74) is 0. The van der Waals surface area contributed by atoms with Crippen molar-refractivity contribution in [2.45, 2.75) is 25.9 Å². The molecule has 4 nitrogen and oxygen atoms in total. The summed E-state index contributed by atoms with van der Waals surface area (Å²) < 4.78 is 5.20. The maximum absolute atomic E-state index is 10.8. The maximum Gasteiger partial charge on any atom is 0.333 e. The Morgan fingerprint density at radius 1 is 1.77 bits per heavy atom. The van der Waals surface area contributed by atoms with Crippen LogP contribution in [0.15, 0.2) is 0 Å². The van der Waals surface area contributed by atoms with E-state index >= 15 is 0 Å².